The second-order valence-corrected chi connectivity index (χ2v) is 4.09. The number of hydrogen-bond acceptors (Lipinski definition) is 3. The lowest BCUT2D eigenvalue weighted by Crippen LogP contribution is -2.29. The van der Waals surface area contributed by atoms with E-state index in [1.54, 1.807) is 24.3 Å². The molecular weight excluding hydrogens is 244 g/mol. The van der Waals surface area contributed by atoms with Crippen molar-refractivity contribution < 1.29 is 14.3 Å². The summed E-state index contributed by atoms with van der Waals surface area (Å²) in [6.07, 6.45) is 1.68. The van der Waals surface area contributed by atoms with Crippen molar-refractivity contribution in [1.29, 1.82) is 0 Å². The number of esters is 1. The number of carbonyl (C=O) groups is 2. The third kappa shape index (κ3) is 5.42. The smallest absolute Gasteiger partial charge is 0.338 e. The van der Waals surface area contributed by atoms with Gasteiger partial charge in [0, 0.05) is 12.2 Å². The first-order valence-corrected chi connectivity index (χ1v) is 6.49. The van der Waals surface area contributed by atoms with Crippen LogP contribution < -0.4 is 10.6 Å². The standard InChI is InChI=1S/C14H20N2O3/c1-3-9-15-14(18)16-12-7-5-11(6-8-12)13(17)19-10-4-2/h5-8H,3-4,9-10H2,1-2H3,(H2,15,16,18). The molecule has 0 aliphatic carbocycles. The summed E-state index contributed by atoms with van der Waals surface area (Å²) in [6, 6.07) is 6.37. The molecule has 0 heterocycles. The van der Waals surface area contributed by atoms with Gasteiger partial charge in [-0.25, -0.2) is 9.59 Å². The van der Waals surface area contributed by atoms with Gasteiger partial charge in [-0.3, -0.25) is 0 Å². The van der Waals surface area contributed by atoms with Crippen molar-refractivity contribution in [3.8, 4) is 0 Å². The van der Waals surface area contributed by atoms with Crippen LogP contribution >= 0.6 is 0 Å². The molecule has 0 saturated heterocycles. The van der Waals surface area contributed by atoms with Crippen LogP contribution in [0.2, 0.25) is 0 Å². The topological polar surface area (TPSA) is 67.4 Å². The Morgan fingerprint density at radius 3 is 2.37 bits per heavy atom. The van der Waals surface area contributed by atoms with Crippen molar-refractivity contribution in [1.82, 2.24) is 5.32 Å². The highest BCUT2D eigenvalue weighted by Gasteiger charge is 2.07. The summed E-state index contributed by atoms with van der Waals surface area (Å²) >= 11 is 0. The summed E-state index contributed by atoms with van der Waals surface area (Å²) < 4.78 is 5.01. The maximum Gasteiger partial charge on any atom is 0.338 e. The van der Waals surface area contributed by atoms with E-state index in [-0.39, 0.29) is 12.0 Å². The van der Waals surface area contributed by atoms with Gasteiger partial charge in [0.1, 0.15) is 0 Å². The summed E-state index contributed by atoms with van der Waals surface area (Å²) in [5.41, 5.74) is 1.12. The van der Waals surface area contributed by atoms with Crippen LogP contribution in [0.5, 0.6) is 0 Å². The fourth-order valence-corrected chi connectivity index (χ4v) is 1.38. The molecule has 0 saturated carbocycles. The highest BCUT2D eigenvalue weighted by molar-refractivity contribution is 5.92. The molecule has 2 N–H and O–H groups in total. The number of amides is 2. The van der Waals surface area contributed by atoms with E-state index in [1.807, 2.05) is 13.8 Å². The minimum absolute atomic E-state index is 0.247. The summed E-state index contributed by atoms with van der Waals surface area (Å²) in [4.78, 5) is 23.0. The first-order chi connectivity index (χ1) is 9.17. The second kappa shape index (κ2) is 8.13. The van der Waals surface area contributed by atoms with Gasteiger partial charge in [0.15, 0.2) is 0 Å². The average molecular weight is 264 g/mol. The summed E-state index contributed by atoms with van der Waals surface area (Å²) in [7, 11) is 0. The van der Waals surface area contributed by atoms with Gasteiger partial charge >= 0.3 is 12.0 Å². The van der Waals surface area contributed by atoms with E-state index in [9.17, 15) is 9.59 Å². The highest BCUT2D eigenvalue weighted by atomic mass is 16.5. The Kier molecular flexibility index (Phi) is 6.43. The molecule has 0 atom stereocenters. The minimum atomic E-state index is -0.344. The fourth-order valence-electron chi connectivity index (χ4n) is 1.38. The molecule has 1 aromatic carbocycles. The monoisotopic (exact) mass is 264 g/mol. The van der Waals surface area contributed by atoms with E-state index >= 15 is 0 Å². The Morgan fingerprint density at radius 2 is 1.79 bits per heavy atom. The van der Waals surface area contributed by atoms with Crippen LogP contribution in [0.1, 0.15) is 37.0 Å². The highest BCUT2D eigenvalue weighted by Crippen LogP contribution is 2.10. The molecule has 2 amide bonds. The molecule has 0 unspecified atom stereocenters. The van der Waals surface area contributed by atoms with E-state index in [2.05, 4.69) is 10.6 Å². The second-order valence-electron chi connectivity index (χ2n) is 4.09. The molecule has 0 aliphatic heterocycles. The van der Waals surface area contributed by atoms with Crippen LogP contribution in [0, 0.1) is 0 Å². The molecule has 0 bridgehead atoms. The number of hydrogen-bond donors (Lipinski definition) is 2. The zero-order chi connectivity index (χ0) is 14.1. The largest absolute Gasteiger partial charge is 0.462 e. The third-order valence-corrected chi connectivity index (χ3v) is 2.35. The van der Waals surface area contributed by atoms with Gasteiger partial charge in [-0.15, -0.1) is 0 Å². The molecule has 1 aromatic rings. The van der Waals surface area contributed by atoms with Crippen LogP contribution in [-0.4, -0.2) is 25.2 Å². The molecule has 0 aromatic heterocycles. The summed E-state index contributed by atoms with van der Waals surface area (Å²) in [6.45, 7) is 4.97. The van der Waals surface area contributed by atoms with Crippen molar-refractivity contribution in [3.63, 3.8) is 0 Å². The lowest BCUT2D eigenvalue weighted by atomic mass is 10.2. The minimum Gasteiger partial charge on any atom is -0.462 e. The fraction of sp³-hybridized carbons (Fsp3) is 0.429. The average Bonchev–Trinajstić information content (AvgIpc) is 2.43. The molecule has 19 heavy (non-hydrogen) atoms. The van der Waals surface area contributed by atoms with E-state index in [1.165, 1.54) is 0 Å². The lowest BCUT2D eigenvalue weighted by Gasteiger charge is -2.07. The number of nitrogens with one attached hydrogen (secondary N) is 2. The number of rotatable bonds is 6. The Labute approximate surface area is 113 Å². The molecule has 1 rings (SSSR count). The van der Waals surface area contributed by atoms with Gasteiger partial charge in [0.2, 0.25) is 0 Å². The number of anilines is 1. The Morgan fingerprint density at radius 1 is 1.11 bits per heavy atom. The van der Waals surface area contributed by atoms with Crippen molar-refractivity contribution in [2.24, 2.45) is 0 Å². The number of benzene rings is 1. The van der Waals surface area contributed by atoms with Crippen LogP contribution in [-0.2, 0) is 4.74 Å². The predicted octanol–water partition coefficient (Wildman–Crippen LogP) is 2.78. The molecule has 0 aliphatic rings. The first kappa shape index (κ1) is 15.0. The number of urea groups is 1. The Hall–Kier alpha value is -2.04. The zero-order valence-corrected chi connectivity index (χ0v) is 11.4. The van der Waals surface area contributed by atoms with Crippen molar-refractivity contribution in [2.45, 2.75) is 26.7 Å². The quantitative estimate of drug-likeness (QED) is 0.776. The molecular formula is C14H20N2O3. The van der Waals surface area contributed by atoms with Gasteiger partial charge in [-0.05, 0) is 37.1 Å². The Balaban J connectivity index is 2.51. The SMILES string of the molecule is CCCNC(=O)Nc1ccc(C(=O)OCCC)cc1. The summed E-state index contributed by atoms with van der Waals surface area (Å²) in [5, 5.41) is 5.39. The van der Waals surface area contributed by atoms with Crippen molar-refractivity contribution in [2.75, 3.05) is 18.5 Å². The lowest BCUT2D eigenvalue weighted by molar-refractivity contribution is 0.0505. The van der Waals surface area contributed by atoms with Gasteiger partial charge in [-0.1, -0.05) is 13.8 Å². The van der Waals surface area contributed by atoms with Gasteiger partial charge in [0.25, 0.3) is 0 Å². The summed E-state index contributed by atoms with van der Waals surface area (Å²) in [5.74, 6) is -0.344. The molecule has 0 fully saturated rings. The molecule has 5 nitrogen and oxygen atoms in total. The molecule has 5 heteroatoms. The predicted molar refractivity (Wildman–Crippen MR) is 74.3 cm³/mol. The van der Waals surface area contributed by atoms with Crippen molar-refractivity contribution in [3.05, 3.63) is 29.8 Å². The normalized spacial score (nSPS) is 9.79. The van der Waals surface area contributed by atoms with Crippen LogP contribution in [0.4, 0.5) is 10.5 Å². The number of carbonyl (C=O) groups excluding carboxylic acids is 2. The molecule has 0 spiro atoms. The zero-order valence-electron chi connectivity index (χ0n) is 11.4. The van der Waals surface area contributed by atoms with Crippen LogP contribution in [0.25, 0.3) is 0 Å². The number of ether oxygens (including phenoxy) is 1. The van der Waals surface area contributed by atoms with Gasteiger partial charge in [0.05, 0.1) is 12.2 Å². The van der Waals surface area contributed by atoms with E-state index < -0.39 is 0 Å². The van der Waals surface area contributed by atoms with E-state index in [4.69, 9.17) is 4.74 Å². The van der Waals surface area contributed by atoms with Crippen LogP contribution in [0.15, 0.2) is 24.3 Å². The molecule has 0 radical (unpaired) electrons. The maximum absolute atomic E-state index is 11.6. The van der Waals surface area contributed by atoms with Gasteiger partial charge in [-0.2, -0.15) is 0 Å². The third-order valence-electron chi connectivity index (χ3n) is 2.35. The Bertz CT molecular complexity index is 415. The van der Waals surface area contributed by atoms with Crippen molar-refractivity contribution >= 4 is 17.7 Å². The van der Waals surface area contributed by atoms with Crippen LogP contribution in [0.3, 0.4) is 0 Å². The first-order valence-electron chi connectivity index (χ1n) is 6.49. The van der Waals surface area contributed by atoms with Gasteiger partial charge < -0.3 is 15.4 Å². The van der Waals surface area contributed by atoms with E-state index in [0.29, 0.717) is 24.4 Å². The maximum atomic E-state index is 11.6. The van der Waals surface area contributed by atoms with E-state index in [0.717, 1.165) is 12.8 Å². The molecule has 104 valence electrons.